The van der Waals surface area contributed by atoms with Crippen LogP contribution in [0.2, 0.25) is 0 Å². The lowest BCUT2D eigenvalue weighted by Crippen LogP contribution is -2.06. The molecule has 0 radical (unpaired) electrons. The minimum absolute atomic E-state index is 0.121. The molecule has 0 unspecified atom stereocenters. The molecule has 0 aliphatic rings. The van der Waals surface area contributed by atoms with Crippen LogP contribution in [-0.4, -0.2) is 32.5 Å². The highest BCUT2D eigenvalue weighted by Gasteiger charge is 2.18. The molecule has 0 bridgehead atoms. The molecule has 0 saturated carbocycles. The van der Waals surface area contributed by atoms with Gasteiger partial charge >= 0.3 is 0 Å². The van der Waals surface area contributed by atoms with Gasteiger partial charge in [-0.15, -0.1) is 0 Å². The minimum atomic E-state index is -0.444. The molecule has 6 heteroatoms. The average molecular weight is 384 g/mol. The maximum absolute atomic E-state index is 8.70. The van der Waals surface area contributed by atoms with Gasteiger partial charge in [0.05, 0.1) is 6.61 Å². The van der Waals surface area contributed by atoms with Crippen molar-refractivity contribution in [3.63, 3.8) is 0 Å². The summed E-state index contributed by atoms with van der Waals surface area (Å²) in [6.45, 7) is 0.600. The maximum atomic E-state index is 8.70. The third-order valence-electron chi connectivity index (χ3n) is 2.29. The van der Waals surface area contributed by atoms with Crippen LogP contribution < -0.4 is 4.74 Å². The van der Waals surface area contributed by atoms with Crippen molar-refractivity contribution in [3.8, 4) is 5.75 Å². The second-order valence-electron chi connectivity index (χ2n) is 3.53. The smallest absolute Gasteiger partial charge is 0.185 e. The molecule has 0 saturated heterocycles. The zero-order chi connectivity index (χ0) is 13.5. The molecule has 0 heterocycles. The number of hydrogen-bond acceptors (Lipinski definition) is 4. The van der Waals surface area contributed by atoms with Gasteiger partial charge in [0.1, 0.15) is 5.75 Å². The van der Waals surface area contributed by atoms with Crippen LogP contribution in [0, 0.1) is 0 Å². The molecule has 1 rings (SSSR count). The fourth-order valence-electron chi connectivity index (χ4n) is 1.46. The molecule has 4 nitrogen and oxygen atoms in total. The number of aliphatic hydroxyl groups is 1. The monoisotopic (exact) mass is 382 g/mol. The van der Waals surface area contributed by atoms with Gasteiger partial charge < -0.3 is 19.3 Å². The third kappa shape index (κ3) is 4.20. The van der Waals surface area contributed by atoms with Crippen LogP contribution in [0.4, 0.5) is 0 Å². The summed E-state index contributed by atoms with van der Waals surface area (Å²) in [6, 6.07) is 3.70. The Hall–Kier alpha value is -0.140. The van der Waals surface area contributed by atoms with Gasteiger partial charge in [-0.25, -0.2) is 0 Å². The Morgan fingerprint density at radius 1 is 1.17 bits per heavy atom. The lowest BCUT2D eigenvalue weighted by atomic mass is 10.2. The lowest BCUT2D eigenvalue weighted by molar-refractivity contribution is -0.106. The first-order chi connectivity index (χ1) is 8.63. The summed E-state index contributed by atoms with van der Waals surface area (Å²) in [7, 11) is 3.16. The van der Waals surface area contributed by atoms with Gasteiger partial charge in [0, 0.05) is 41.8 Å². The molecule has 0 spiro atoms. The number of halogens is 2. The van der Waals surface area contributed by atoms with Crippen LogP contribution in [0.5, 0.6) is 5.75 Å². The zero-order valence-corrected chi connectivity index (χ0v) is 13.5. The van der Waals surface area contributed by atoms with E-state index in [9.17, 15) is 0 Å². The van der Waals surface area contributed by atoms with Crippen molar-refractivity contribution in [1.82, 2.24) is 0 Å². The van der Waals surface area contributed by atoms with E-state index in [4.69, 9.17) is 19.3 Å². The molecule has 102 valence electrons. The van der Waals surface area contributed by atoms with Gasteiger partial charge in [0.15, 0.2) is 6.29 Å². The summed E-state index contributed by atoms with van der Waals surface area (Å²) >= 11 is 6.94. The molecule has 0 fully saturated rings. The minimum Gasteiger partial charge on any atom is -0.493 e. The first-order valence-electron chi connectivity index (χ1n) is 5.42. The van der Waals surface area contributed by atoms with Crippen LogP contribution in [0.1, 0.15) is 18.3 Å². The second-order valence-corrected chi connectivity index (χ2v) is 5.24. The Morgan fingerprint density at radius 2 is 1.72 bits per heavy atom. The van der Waals surface area contributed by atoms with Gasteiger partial charge in [-0.05, 0) is 12.1 Å². The van der Waals surface area contributed by atoms with Crippen molar-refractivity contribution in [3.05, 3.63) is 26.6 Å². The largest absolute Gasteiger partial charge is 0.493 e. The molecular weight excluding hydrogens is 368 g/mol. The van der Waals surface area contributed by atoms with E-state index < -0.39 is 6.29 Å². The topological polar surface area (TPSA) is 47.9 Å². The van der Waals surface area contributed by atoms with Crippen LogP contribution in [0.3, 0.4) is 0 Å². The fourth-order valence-corrected chi connectivity index (χ4v) is 2.97. The van der Waals surface area contributed by atoms with Gasteiger partial charge in [0.25, 0.3) is 0 Å². The molecule has 1 aromatic rings. The Kier molecular flexibility index (Phi) is 7.18. The van der Waals surface area contributed by atoms with Crippen LogP contribution >= 0.6 is 31.9 Å². The van der Waals surface area contributed by atoms with Crippen molar-refractivity contribution in [1.29, 1.82) is 0 Å². The Bertz CT molecular complexity index is 357. The number of benzene rings is 1. The van der Waals surface area contributed by atoms with Gasteiger partial charge in [-0.2, -0.15) is 0 Å². The van der Waals surface area contributed by atoms with Crippen LogP contribution in [0.15, 0.2) is 21.1 Å². The van der Waals surface area contributed by atoms with Gasteiger partial charge in [-0.1, -0.05) is 31.9 Å². The molecule has 18 heavy (non-hydrogen) atoms. The summed E-state index contributed by atoms with van der Waals surface area (Å²) in [5, 5.41) is 8.70. The van der Waals surface area contributed by atoms with E-state index in [2.05, 4.69) is 31.9 Å². The summed E-state index contributed by atoms with van der Waals surface area (Å²) in [5.74, 6) is 0.719. The number of methoxy groups -OCH3 is 2. The highest BCUT2D eigenvalue weighted by atomic mass is 79.9. The molecule has 1 N–H and O–H groups in total. The molecule has 0 atom stereocenters. The standard InChI is InChI=1S/C12H16Br2O4/c1-16-12(17-2)11-9(13)6-8(7-10(11)14)18-5-3-4-15/h6-7,12,15H,3-5H2,1-2H3. The van der Waals surface area contributed by atoms with Crippen molar-refractivity contribution >= 4 is 31.9 Å². The van der Waals surface area contributed by atoms with E-state index in [0.717, 1.165) is 20.3 Å². The molecule has 0 amide bonds. The molecule has 0 aliphatic heterocycles. The summed E-state index contributed by atoms with van der Waals surface area (Å²) in [5.41, 5.74) is 0.870. The van der Waals surface area contributed by atoms with E-state index in [0.29, 0.717) is 13.0 Å². The van der Waals surface area contributed by atoms with E-state index in [1.807, 2.05) is 12.1 Å². The lowest BCUT2D eigenvalue weighted by Gasteiger charge is -2.18. The summed E-state index contributed by atoms with van der Waals surface area (Å²) < 4.78 is 17.6. The predicted octanol–water partition coefficient (Wildman–Crippen LogP) is 3.26. The quantitative estimate of drug-likeness (QED) is 0.579. The number of aliphatic hydroxyl groups excluding tert-OH is 1. The normalized spacial score (nSPS) is 11.0. The van der Waals surface area contributed by atoms with Crippen molar-refractivity contribution in [2.24, 2.45) is 0 Å². The van der Waals surface area contributed by atoms with Crippen LogP contribution in [0.25, 0.3) is 0 Å². The van der Waals surface area contributed by atoms with Gasteiger partial charge in [0.2, 0.25) is 0 Å². The molecule has 0 aromatic heterocycles. The average Bonchev–Trinajstić information content (AvgIpc) is 2.34. The Balaban J connectivity index is 2.90. The first kappa shape index (κ1) is 15.9. The van der Waals surface area contributed by atoms with E-state index in [1.165, 1.54) is 0 Å². The summed E-state index contributed by atoms with van der Waals surface area (Å²) in [4.78, 5) is 0. The van der Waals surface area contributed by atoms with Crippen LogP contribution in [-0.2, 0) is 9.47 Å². The van der Waals surface area contributed by atoms with E-state index in [1.54, 1.807) is 14.2 Å². The number of ether oxygens (including phenoxy) is 3. The third-order valence-corrected chi connectivity index (χ3v) is 3.60. The van der Waals surface area contributed by atoms with Crippen molar-refractivity contribution in [2.45, 2.75) is 12.7 Å². The molecule has 0 aliphatic carbocycles. The molecule has 1 aromatic carbocycles. The summed E-state index contributed by atoms with van der Waals surface area (Å²) in [6.07, 6.45) is 0.163. The van der Waals surface area contributed by atoms with Crippen molar-refractivity contribution in [2.75, 3.05) is 27.4 Å². The van der Waals surface area contributed by atoms with E-state index >= 15 is 0 Å². The fraction of sp³-hybridized carbons (Fsp3) is 0.500. The maximum Gasteiger partial charge on any atom is 0.185 e. The predicted molar refractivity (Wildman–Crippen MR) is 75.8 cm³/mol. The zero-order valence-electron chi connectivity index (χ0n) is 10.3. The highest BCUT2D eigenvalue weighted by Crippen LogP contribution is 2.36. The van der Waals surface area contributed by atoms with E-state index in [-0.39, 0.29) is 6.61 Å². The number of hydrogen-bond donors (Lipinski definition) is 1. The number of rotatable bonds is 7. The first-order valence-corrected chi connectivity index (χ1v) is 7.00. The highest BCUT2D eigenvalue weighted by molar-refractivity contribution is 9.11. The molecular formula is C12H16Br2O4. The Morgan fingerprint density at radius 3 is 2.17 bits per heavy atom. The SMILES string of the molecule is COC(OC)c1c(Br)cc(OCCCO)cc1Br. The Labute approximate surface area is 123 Å². The second kappa shape index (κ2) is 8.12. The van der Waals surface area contributed by atoms with Crippen molar-refractivity contribution < 1.29 is 19.3 Å². The van der Waals surface area contributed by atoms with Gasteiger partial charge in [-0.3, -0.25) is 0 Å².